The Morgan fingerprint density at radius 3 is 3.00 bits per heavy atom. The smallest absolute Gasteiger partial charge is 0.221 e. The fourth-order valence-corrected chi connectivity index (χ4v) is 2.20. The minimum Gasteiger partial charge on any atom is -0.369 e. The van der Waals surface area contributed by atoms with Crippen molar-refractivity contribution in [1.29, 1.82) is 0 Å². The summed E-state index contributed by atoms with van der Waals surface area (Å²) in [5.74, 6) is 0.970. The zero-order chi connectivity index (χ0) is 13.0. The van der Waals surface area contributed by atoms with Crippen molar-refractivity contribution in [2.45, 2.75) is 45.6 Å². The van der Waals surface area contributed by atoms with E-state index in [-0.39, 0.29) is 11.9 Å². The van der Waals surface area contributed by atoms with Gasteiger partial charge >= 0.3 is 0 Å². The molecule has 0 radical (unpaired) electrons. The van der Waals surface area contributed by atoms with Crippen LogP contribution in [0.5, 0.6) is 0 Å². The third-order valence-corrected chi connectivity index (χ3v) is 2.97. The first-order chi connectivity index (χ1) is 8.66. The van der Waals surface area contributed by atoms with E-state index >= 15 is 0 Å². The van der Waals surface area contributed by atoms with Crippen LogP contribution >= 0.6 is 0 Å². The van der Waals surface area contributed by atoms with Gasteiger partial charge in [0.05, 0.1) is 0 Å². The molecule has 2 N–H and O–H groups in total. The monoisotopic (exact) mass is 248 g/mol. The first-order valence-corrected chi connectivity index (χ1v) is 6.53. The number of anilines is 1. The molecule has 5 heteroatoms. The third-order valence-electron chi connectivity index (χ3n) is 2.97. The predicted octanol–water partition coefficient (Wildman–Crippen LogP) is 1.29. The maximum absolute atomic E-state index is 11.5. The number of nitrogens with zero attached hydrogens (tertiary/aromatic N) is 2. The number of carbonyl (C=O) groups excluding carboxylic acids is 1. The van der Waals surface area contributed by atoms with Crippen LogP contribution in [-0.2, 0) is 17.6 Å². The van der Waals surface area contributed by atoms with Gasteiger partial charge in [-0.3, -0.25) is 4.79 Å². The molecule has 5 nitrogen and oxygen atoms in total. The molecular formula is C13H20N4O. The highest BCUT2D eigenvalue weighted by Gasteiger charge is 2.16. The van der Waals surface area contributed by atoms with E-state index in [9.17, 15) is 4.79 Å². The summed E-state index contributed by atoms with van der Waals surface area (Å²) in [6, 6.07) is 0.195. The van der Waals surface area contributed by atoms with Gasteiger partial charge in [-0.1, -0.05) is 0 Å². The average Bonchev–Trinajstić information content (AvgIpc) is 2.76. The Morgan fingerprint density at radius 1 is 1.39 bits per heavy atom. The fraction of sp³-hybridized carbons (Fsp3) is 0.615. The molecule has 0 fully saturated rings. The highest BCUT2D eigenvalue weighted by atomic mass is 16.1. The second-order valence-electron chi connectivity index (χ2n) is 4.90. The molecule has 1 aromatic heterocycles. The molecule has 0 saturated heterocycles. The number of hydrogen-bond donors (Lipinski definition) is 2. The SMILES string of the molecule is CC(C)NC(=O)CCNc1ncnc2c1CCC2. The van der Waals surface area contributed by atoms with Crippen molar-refractivity contribution in [3.8, 4) is 0 Å². The summed E-state index contributed by atoms with van der Waals surface area (Å²) in [4.78, 5) is 20.0. The lowest BCUT2D eigenvalue weighted by Crippen LogP contribution is -2.31. The van der Waals surface area contributed by atoms with Crippen molar-refractivity contribution >= 4 is 11.7 Å². The molecule has 1 aromatic rings. The van der Waals surface area contributed by atoms with E-state index in [1.807, 2.05) is 13.8 Å². The Bertz CT molecular complexity index is 431. The van der Waals surface area contributed by atoms with E-state index in [1.165, 1.54) is 5.56 Å². The molecule has 1 aliphatic rings. The van der Waals surface area contributed by atoms with Crippen molar-refractivity contribution in [1.82, 2.24) is 15.3 Å². The summed E-state index contributed by atoms with van der Waals surface area (Å²) in [5, 5.41) is 6.11. The maximum Gasteiger partial charge on any atom is 0.221 e. The summed E-state index contributed by atoms with van der Waals surface area (Å²) < 4.78 is 0. The highest BCUT2D eigenvalue weighted by molar-refractivity contribution is 5.76. The van der Waals surface area contributed by atoms with Gasteiger partial charge in [0.25, 0.3) is 0 Å². The van der Waals surface area contributed by atoms with E-state index < -0.39 is 0 Å². The van der Waals surface area contributed by atoms with Crippen LogP contribution in [0.4, 0.5) is 5.82 Å². The number of fused-ring (bicyclic) bond motifs is 1. The van der Waals surface area contributed by atoms with Crippen LogP contribution in [0.25, 0.3) is 0 Å². The van der Waals surface area contributed by atoms with Crippen LogP contribution < -0.4 is 10.6 Å². The van der Waals surface area contributed by atoms with E-state index in [4.69, 9.17) is 0 Å². The summed E-state index contributed by atoms with van der Waals surface area (Å²) in [5.41, 5.74) is 2.38. The van der Waals surface area contributed by atoms with Crippen molar-refractivity contribution < 1.29 is 4.79 Å². The van der Waals surface area contributed by atoms with Crippen molar-refractivity contribution in [2.75, 3.05) is 11.9 Å². The normalized spacial score (nSPS) is 13.5. The number of hydrogen-bond acceptors (Lipinski definition) is 4. The number of aromatic nitrogens is 2. The van der Waals surface area contributed by atoms with Gasteiger partial charge in [0, 0.05) is 30.3 Å². The zero-order valence-electron chi connectivity index (χ0n) is 11.0. The summed E-state index contributed by atoms with van der Waals surface area (Å²) in [6.45, 7) is 4.53. The van der Waals surface area contributed by atoms with E-state index in [0.717, 1.165) is 30.8 Å². The van der Waals surface area contributed by atoms with Crippen LogP contribution in [0.15, 0.2) is 6.33 Å². The molecule has 0 spiro atoms. The average molecular weight is 248 g/mol. The number of aryl methyl sites for hydroxylation is 1. The van der Waals surface area contributed by atoms with Crippen LogP contribution in [0.3, 0.4) is 0 Å². The second-order valence-corrected chi connectivity index (χ2v) is 4.90. The largest absolute Gasteiger partial charge is 0.369 e. The summed E-state index contributed by atoms with van der Waals surface area (Å²) in [6.07, 6.45) is 5.30. The van der Waals surface area contributed by atoms with Gasteiger partial charge in [-0.05, 0) is 33.1 Å². The number of amides is 1. The highest BCUT2D eigenvalue weighted by Crippen LogP contribution is 2.24. The first kappa shape index (κ1) is 12.8. The van der Waals surface area contributed by atoms with E-state index in [0.29, 0.717) is 13.0 Å². The summed E-state index contributed by atoms with van der Waals surface area (Å²) in [7, 11) is 0. The number of rotatable bonds is 5. The maximum atomic E-state index is 11.5. The van der Waals surface area contributed by atoms with Crippen molar-refractivity contribution in [2.24, 2.45) is 0 Å². The minimum atomic E-state index is 0.0724. The molecule has 2 rings (SSSR count). The molecule has 18 heavy (non-hydrogen) atoms. The zero-order valence-corrected chi connectivity index (χ0v) is 11.0. The lowest BCUT2D eigenvalue weighted by Gasteiger charge is -2.11. The molecule has 0 aliphatic heterocycles. The molecular weight excluding hydrogens is 228 g/mol. The standard InChI is InChI=1S/C13H20N4O/c1-9(2)17-12(18)6-7-14-13-10-4-3-5-11(10)15-8-16-13/h8-9H,3-7H2,1-2H3,(H,17,18)(H,14,15,16). The Morgan fingerprint density at radius 2 is 2.22 bits per heavy atom. The lowest BCUT2D eigenvalue weighted by atomic mass is 10.2. The first-order valence-electron chi connectivity index (χ1n) is 6.53. The van der Waals surface area contributed by atoms with Crippen LogP contribution in [0.2, 0.25) is 0 Å². The van der Waals surface area contributed by atoms with Gasteiger partial charge in [0.1, 0.15) is 12.1 Å². The molecule has 0 atom stereocenters. The van der Waals surface area contributed by atoms with Gasteiger partial charge in [-0.2, -0.15) is 0 Å². The molecule has 0 aromatic carbocycles. The molecule has 0 saturated carbocycles. The Labute approximate surface area is 107 Å². The van der Waals surface area contributed by atoms with Crippen LogP contribution in [0, 0.1) is 0 Å². The molecule has 0 bridgehead atoms. The van der Waals surface area contributed by atoms with E-state index in [1.54, 1.807) is 6.33 Å². The van der Waals surface area contributed by atoms with Gasteiger partial charge in [-0.15, -0.1) is 0 Å². The number of carbonyl (C=O) groups is 1. The minimum absolute atomic E-state index is 0.0724. The Kier molecular flexibility index (Phi) is 4.12. The Hall–Kier alpha value is -1.65. The quantitative estimate of drug-likeness (QED) is 0.824. The second kappa shape index (κ2) is 5.80. The van der Waals surface area contributed by atoms with Gasteiger partial charge in [0.2, 0.25) is 5.91 Å². The molecule has 98 valence electrons. The predicted molar refractivity (Wildman–Crippen MR) is 70.4 cm³/mol. The van der Waals surface area contributed by atoms with Crippen molar-refractivity contribution in [3.63, 3.8) is 0 Å². The van der Waals surface area contributed by atoms with E-state index in [2.05, 4.69) is 20.6 Å². The molecule has 1 heterocycles. The molecule has 1 aliphatic carbocycles. The number of nitrogens with one attached hydrogen (secondary N) is 2. The van der Waals surface area contributed by atoms with Gasteiger partial charge in [-0.25, -0.2) is 9.97 Å². The Balaban J connectivity index is 1.84. The third kappa shape index (κ3) is 3.18. The van der Waals surface area contributed by atoms with Gasteiger partial charge in [0.15, 0.2) is 0 Å². The molecule has 1 amide bonds. The lowest BCUT2D eigenvalue weighted by molar-refractivity contribution is -0.121. The van der Waals surface area contributed by atoms with Crippen LogP contribution in [-0.4, -0.2) is 28.5 Å². The van der Waals surface area contributed by atoms with Crippen molar-refractivity contribution in [3.05, 3.63) is 17.6 Å². The topological polar surface area (TPSA) is 66.9 Å². The van der Waals surface area contributed by atoms with Crippen LogP contribution in [0.1, 0.15) is 37.9 Å². The summed E-state index contributed by atoms with van der Waals surface area (Å²) >= 11 is 0. The van der Waals surface area contributed by atoms with Gasteiger partial charge < -0.3 is 10.6 Å². The fourth-order valence-electron chi connectivity index (χ4n) is 2.20. The molecule has 0 unspecified atom stereocenters.